The van der Waals surface area contributed by atoms with Crippen LogP contribution in [-0.4, -0.2) is 61.1 Å². The fourth-order valence-corrected chi connectivity index (χ4v) is 2.36. The van der Waals surface area contributed by atoms with E-state index in [1.807, 2.05) is 6.07 Å². The quantitative estimate of drug-likeness (QED) is 0.350. The number of nitrogens with two attached hydrogens (primary N) is 1. The number of aromatic nitrogens is 3. The maximum Gasteiger partial charge on any atom is 0.323 e. The van der Waals surface area contributed by atoms with Crippen LogP contribution < -0.4 is 21.1 Å². The van der Waals surface area contributed by atoms with Gasteiger partial charge >= 0.3 is 6.01 Å². The Balaban J connectivity index is 1.87. The van der Waals surface area contributed by atoms with E-state index in [9.17, 15) is 4.39 Å². The van der Waals surface area contributed by atoms with Crippen molar-refractivity contribution in [3.63, 3.8) is 0 Å². The molecule has 0 saturated heterocycles. The lowest BCUT2D eigenvalue weighted by atomic mass is 10.2. The van der Waals surface area contributed by atoms with Crippen LogP contribution in [-0.2, 0) is 16.0 Å². The molecule has 0 atom stereocenters. The number of nitrogens with zero attached hydrogens (tertiary/aromatic N) is 3. The van der Waals surface area contributed by atoms with Gasteiger partial charge in [0.15, 0.2) is 0 Å². The van der Waals surface area contributed by atoms with Gasteiger partial charge < -0.3 is 30.6 Å². The molecule has 0 aliphatic carbocycles. The normalized spacial score (nSPS) is 10.8. The van der Waals surface area contributed by atoms with E-state index in [0.29, 0.717) is 64.6 Å². The topological polar surface area (TPSA) is 116 Å². The van der Waals surface area contributed by atoms with Crippen molar-refractivity contribution in [3.05, 3.63) is 35.6 Å². The standard InChI is InChI=1S/C20H31FN6O3/c1-2-3-9-30-20-26-18(23-8-11-29-13-12-28-10-7-22)25-19(27-20)24-15-16-5-4-6-17(21)14-16/h4-6,14H,2-3,7-13,15,22H2,1H3,(H2,23,24,25,26,27). The highest BCUT2D eigenvalue weighted by molar-refractivity contribution is 5.36. The summed E-state index contributed by atoms with van der Waals surface area (Å²) in [5.74, 6) is 0.435. The summed E-state index contributed by atoms with van der Waals surface area (Å²) in [7, 11) is 0. The van der Waals surface area contributed by atoms with Gasteiger partial charge in [0.2, 0.25) is 11.9 Å². The van der Waals surface area contributed by atoms with Gasteiger partial charge in [0.1, 0.15) is 5.82 Å². The lowest BCUT2D eigenvalue weighted by molar-refractivity contribution is 0.0547. The van der Waals surface area contributed by atoms with E-state index in [0.717, 1.165) is 18.4 Å². The van der Waals surface area contributed by atoms with Gasteiger partial charge in [-0.2, -0.15) is 15.0 Å². The minimum atomic E-state index is -0.288. The first-order valence-electron chi connectivity index (χ1n) is 10.2. The Kier molecular flexibility index (Phi) is 11.4. The summed E-state index contributed by atoms with van der Waals surface area (Å²) in [6.45, 7) is 5.98. The van der Waals surface area contributed by atoms with Gasteiger partial charge in [0.05, 0.1) is 33.0 Å². The van der Waals surface area contributed by atoms with Gasteiger partial charge in [-0.3, -0.25) is 0 Å². The lowest BCUT2D eigenvalue weighted by Crippen LogP contribution is -2.17. The Bertz CT molecular complexity index is 737. The molecule has 0 bridgehead atoms. The van der Waals surface area contributed by atoms with E-state index < -0.39 is 0 Å². The molecule has 0 radical (unpaired) electrons. The highest BCUT2D eigenvalue weighted by Gasteiger charge is 2.08. The molecular weight excluding hydrogens is 391 g/mol. The third-order valence-corrected chi connectivity index (χ3v) is 3.85. The summed E-state index contributed by atoms with van der Waals surface area (Å²) in [5, 5.41) is 6.18. The molecule has 0 unspecified atom stereocenters. The van der Waals surface area contributed by atoms with Crippen LogP contribution in [0.4, 0.5) is 16.3 Å². The van der Waals surface area contributed by atoms with Gasteiger partial charge in [0, 0.05) is 19.6 Å². The Labute approximate surface area is 176 Å². The van der Waals surface area contributed by atoms with Crippen LogP contribution in [0.25, 0.3) is 0 Å². The number of nitrogens with one attached hydrogen (secondary N) is 2. The van der Waals surface area contributed by atoms with E-state index in [1.165, 1.54) is 12.1 Å². The predicted octanol–water partition coefficient (Wildman–Crippen LogP) is 2.21. The zero-order valence-electron chi connectivity index (χ0n) is 17.4. The molecular formula is C20H31FN6O3. The predicted molar refractivity (Wildman–Crippen MR) is 113 cm³/mol. The van der Waals surface area contributed by atoms with Crippen LogP contribution in [0.1, 0.15) is 25.3 Å². The minimum absolute atomic E-state index is 0.235. The summed E-state index contributed by atoms with van der Waals surface area (Å²) in [6, 6.07) is 6.58. The molecule has 0 fully saturated rings. The summed E-state index contributed by atoms with van der Waals surface area (Å²) < 4.78 is 29.7. The summed E-state index contributed by atoms with van der Waals surface area (Å²) >= 11 is 0. The number of benzene rings is 1. The number of hydrogen-bond donors (Lipinski definition) is 3. The van der Waals surface area contributed by atoms with Gasteiger partial charge in [-0.15, -0.1) is 0 Å². The summed E-state index contributed by atoms with van der Waals surface area (Å²) in [6.07, 6.45) is 1.91. The van der Waals surface area contributed by atoms with Gasteiger partial charge in [-0.25, -0.2) is 4.39 Å². The van der Waals surface area contributed by atoms with Crippen LogP contribution in [0, 0.1) is 5.82 Å². The van der Waals surface area contributed by atoms with Gasteiger partial charge in [-0.1, -0.05) is 25.5 Å². The second kappa shape index (κ2) is 14.4. The largest absolute Gasteiger partial charge is 0.463 e. The van der Waals surface area contributed by atoms with Crippen molar-refractivity contribution >= 4 is 11.9 Å². The molecule has 1 aromatic carbocycles. The summed E-state index contributed by atoms with van der Waals surface area (Å²) in [4.78, 5) is 12.9. The molecule has 2 aromatic rings. The third-order valence-electron chi connectivity index (χ3n) is 3.85. The van der Waals surface area contributed by atoms with E-state index >= 15 is 0 Å². The smallest absolute Gasteiger partial charge is 0.323 e. The fourth-order valence-electron chi connectivity index (χ4n) is 2.36. The van der Waals surface area contributed by atoms with E-state index in [2.05, 4.69) is 32.5 Å². The first-order valence-corrected chi connectivity index (χ1v) is 10.2. The molecule has 4 N–H and O–H groups in total. The van der Waals surface area contributed by atoms with E-state index in [-0.39, 0.29) is 11.8 Å². The van der Waals surface area contributed by atoms with Crippen LogP contribution >= 0.6 is 0 Å². The maximum absolute atomic E-state index is 13.4. The molecule has 0 saturated carbocycles. The lowest BCUT2D eigenvalue weighted by Gasteiger charge is -2.11. The zero-order chi connectivity index (χ0) is 21.4. The van der Waals surface area contributed by atoms with Crippen LogP contribution in [0.15, 0.2) is 24.3 Å². The summed E-state index contributed by atoms with van der Waals surface area (Å²) in [5.41, 5.74) is 6.13. The molecule has 30 heavy (non-hydrogen) atoms. The average molecular weight is 423 g/mol. The SMILES string of the molecule is CCCCOc1nc(NCCOCCOCCN)nc(NCc2cccc(F)c2)n1. The van der Waals surface area contributed by atoms with Crippen molar-refractivity contribution in [2.75, 3.05) is 56.8 Å². The molecule has 10 heteroatoms. The zero-order valence-corrected chi connectivity index (χ0v) is 17.4. The molecule has 0 spiro atoms. The molecule has 9 nitrogen and oxygen atoms in total. The number of ether oxygens (including phenoxy) is 3. The number of hydrogen-bond acceptors (Lipinski definition) is 9. The number of unbranched alkanes of at least 4 members (excludes halogenated alkanes) is 1. The fraction of sp³-hybridized carbons (Fsp3) is 0.550. The third kappa shape index (κ3) is 9.77. The van der Waals surface area contributed by atoms with Crippen molar-refractivity contribution in [1.82, 2.24) is 15.0 Å². The highest BCUT2D eigenvalue weighted by Crippen LogP contribution is 2.13. The van der Waals surface area contributed by atoms with Gasteiger partial charge in [0.25, 0.3) is 0 Å². The molecule has 1 aromatic heterocycles. The first-order chi connectivity index (χ1) is 14.7. The van der Waals surface area contributed by atoms with Crippen LogP contribution in [0.2, 0.25) is 0 Å². The molecule has 0 amide bonds. The highest BCUT2D eigenvalue weighted by atomic mass is 19.1. The van der Waals surface area contributed by atoms with Crippen molar-refractivity contribution in [3.8, 4) is 6.01 Å². The Hall–Kier alpha value is -2.56. The molecule has 0 aliphatic heterocycles. The van der Waals surface area contributed by atoms with Crippen LogP contribution in [0.3, 0.4) is 0 Å². The second-order valence-electron chi connectivity index (χ2n) is 6.39. The average Bonchev–Trinajstić information content (AvgIpc) is 2.74. The van der Waals surface area contributed by atoms with E-state index in [4.69, 9.17) is 19.9 Å². The number of anilines is 2. The van der Waals surface area contributed by atoms with E-state index in [1.54, 1.807) is 6.07 Å². The molecule has 0 aliphatic rings. The Morgan fingerprint density at radius 3 is 2.47 bits per heavy atom. The van der Waals surface area contributed by atoms with Crippen molar-refractivity contribution in [2.45, 2.75) is 26.3 Å². The monoisotopic (exact) mass is 422 g/mol. The molecule has 2 rings (SSSR count). The number of halogens is 1. The van der Waals surface area contributed by atoms with Crippen molar-refractivity contribution in [1.29, 1.82) is 0 Å². The minimum Gasteiger partial charge on any atom is -0.463 e. The number of rotatable bonds is 16. The Morgan fingerprint density at radius 1 is 0.967 bits per heavy atom. The van der Waals surface area contributed by atoms with Crippen LogP contribution in [0.5, 0.6) is 6.01 Å². The molecule has 166 valence electrons. The molecule has 1 heterocycles. The van der Waals surface area contributed by atoms with Crippen molar-refractivity contribution in [2.24, 2.45) is 5.73 Å². The first kappa shape index (κ1) is 23.7. The van der Waals surface area contributed by atoms with Crippen molar-refractivity contribution < 1.29 is 18.6 Å². The van der Waals surface area contributed by atoms with Gasteiger partial charge in [-0.05, 0) is 24.1 Å². The maximum atomic E-state index is 13.4. The second-order valence-corrected chi connectivity index (χ2v) is 6.39. The Morgan fingerprint density at radius 2 is 1.73 bits per heavy atom.